The van der Waals surface area contributed by atoms with Gasteiger partial charge in [0, 0.05) is 15.5 Å². The van der Waals surface area contributed by atoms with Crippen LogP contribution in [0.15, 0.2) is 47.1 Å². The number of anilines is 1. The summed E-state index contributed by atoms with van der Waals surface area (Å²) in [6, 6.07) is 13.3. The number of aromatic nitrogens is 2. The van der Waals surface area contributed by atoms with Gasteiger partial charge in [-0.3, -0.25) is 0 Å². The molecular formula is C14H9BrN4. The molecule has 0 bridgehead atoms. The minimum Gasteiger partial charge on any atom is -0.399 e. The molecule has 0 saturated carbocycles. The van der Waals surface area contributed by atoms with Crippen molar-refractivity contribution in [1.29, 1.82) is 5.26 Å². The van der Waals surface area contributed by atoms with Crippen LogP contribution >= 0.6 is 15.9 Å². The summed E-state index contributed by atoms with van der Waals surface area (Å²) in [7, 11) is 0. The number of halogens is 1. The Morgan fingerprint density at radius 3 is 2.84 bits per heavy atom. The molecule has 1 heterocycles. The first-order valence-electron chi connectivity index (χ1n) is 5.62. The van der Waals surface area contributed by atoms with Crippen LogP contribution in [0, 0.1) is 11.3 Å². The van der Waals surface area contributed by atoms with Crippen molar-refractivity contribution >= 4 is 32.5 Å². The molecule has 0 fully saturated rings. The largest absolute Gasteiger partial charge is 0.399 e. The fourth-order valence-corrected chi connectivity index (χ4v) is 2.37. The van der Waals surface area contributed by atoms with E-state index in [1.807, 2.05) is 30.3 Å². The minimum atomic E-state index is 0.557. The maximum Gasteiger partial charge on any atom is 0.101 e. The normalized spacial score (nSPS) is 10.5. The standard InChI is InChI=1S/C14H9BrN4/c15-11-2-4-13(10(5-11)7-16)19-14-6-12(17)3-1-9(14)8-18-19/h1-6,8H,17H2. The van der Waals surface area contributed by atoms with Crippen LogP contribution in [0.5, 0.6) is 0 Å². The highest BCUT2D eigenvalue weighted by Gasteiger charge is 2.09. The zero-order valence-electron chi connectivity index (χ0n) is 9.84. The summed E-state index contributed by atoms with van der Waals surface area (Å²) in [5.41, 5.74) is 8.67. The number of nitrogens with zero attached hydrogens (tertiary/aromatic N) is 3. The summed E-state index contributed by atoms with van der Waals surface area (Å²) in [5, 5.41) is 14.6. The average Bonchev–Trinajstić information content (AvgIpc) is 2.81. The molecule has 0 aliphatic heterocycles. The van der Waals surface area contributed by atoms with Crippen LogP contribution in [-0.4, -0.2) is 9.78 Å². The number of fused-ring (bicyclic) bond motifs is 1. The SMILES string of the molecule is N#Cc1cc(Br)ccc1-n1ncc2ccc(N)cc21. The van der Waals surface area contributed by atoms with Crippen LogP contribution in [0.1, 0.15) is 5.56 Å². The van der Waals surface area contributed by atoms with Crippen molar-refractivity contribution in [3.05, 3.63) is 52.6 Å². The summed E-state index contributed by atoms with van der Waals surface area (Å²) >= 11 is 3.36. The van der Waals surface area contributed by atoms with Gasteiger partial charge in [-0.15, -0.1) is 0 Å². The predicted molar refractivity (Wildman–Crippen MR) is 77.9 cm³/mol. The number of hydrogen-bond donors (Lipinski definition) is 1. The lowest BCUT2D eigenvalue weighted by Gasteiger charge is -2.06. The van der Waals surface area contributed by atoms with E-state index in [4.69, 9.17) is 5.73 Å². The number of benzene rings is 2. The fraction of sp³-hybridized carbons (Fsp3) is 0. The molecule has 0 aliphatic rings. The highest BCUT2D eigenvalue weighted by molar-refractivity contribution is 9.10. The van der Waals surface area contributed by atoms with Gasteiger partial charge in [-0.25, -0.2) is 4.68 Å². The third-order valence-electron chi connectivity index (χ3n) is 2.90. The van der Waals surface area contributed by atoms with Crippen molar-refractivity contribution in [2.45, 2.75) is 0 Å². The number of nitrogens with two attached hydrogens (primary N) is 1. The van der Waals surface area contributed by atoms with E-state index in [9.17, 15) is 5.26 Å². The molecule has 0 amide bonds. The third-order valence-corrected chi connectivity index (χ3v) is 3.40. The molecule has 4 nitrogen and oxygen atoms in total. The second-order valence-corrected chi connectivity index (χ2v) is 5.06. The lowest BCUT2D eigenvalue weighted by Crippen LogP contribution is -1.99. The van der Waals surface area contributed by atoms with Crippen molar-refractivity contribution in [2.24, 2.45) is 0 Å². The van der Waals surface area contributed by atoms with Gasteiger partial charge in [-0.1, -0.05) is 15.9 Å². The Morgan fingerprint density at radius 1 is 1.21 bits per heavy atom. The Bertz CT molecular complexity index is 814. The number of hydrogen-bond acceptors (Lipinski definition) is 3. The molecule has 1 aromatic heterocycles. The van der Waals surface area contributed by atoms with Crippen molar-refractivity contribution in [1.82, 2.24) is 9.78 Å². The van der Waals surface area contributed by atoms with E-state index in [1.54, 1.807) is 16.9 Å². The summed E-state index contributed by atoms with van der Waals surface area (Å²) in [4.78, 5) is 0. The Kier molecular flexibility index (Phi) is 2.73. The smallest absolute Gasteiger partial charge is 0.101 e. The topological polar surface area (TPSA) is 67.6 Å². The first-order valence-corrected chi connectivity index (χ1v) is 6.41. The molecule has 0 spiro atoms. The quantitative estimate of drug-likeness (QED) is 0.701. The van der Waals surface area contributed by atoms with Gasteiger partial charge in [-0.05, 0) is 36.4 Å². The number of rotatable bonds is 1. The predicted octanol–water partition coefficient (Wildman–Crippen LogP) is 3.24. The minimum absolute atomic E-state index is 0.557. The molecular weight excluding hydrogens is 304 g/mol. The maximum absolute atomic E-state index is 9.23. The molecule has 92 valence electrons. The lowest BCUT2D eigenvalue weighted by atomic mass is 10.2. The van der Waals surface area contributed by atoms with E-state index in [0.717, 1.165) is 21.1 Å². The Morgan fingerprint density at radius 2 is 2.05 bits per heavy atom. The van der Waals surface area contributed by atoms with E-state index in [0.29, 0.717) is 11.3 Å². The molecule has 2 N–H and O–H groups in total. The van der Waals surface area contributed by atoms with Gasteiger partial charge in [0.15, 0.2) is 0 Å². The van der Waals surface area contributed by atoms with Gasteiger partial charge in [0.2, 0.25) is 0 Å². The second kappa shape index (κ2) is 4.41. The fourth-order valence-electron chi connectivity index (χ4n) is 2.01. The molecule has 19 heavy (non-hydrogen) atoms. The van der Waals surface area contributed by atoms with E-state index < -0.39 is 0 Å². The van der Waals surface area contributed by atoms with Crippen LogP contribution in [-0.2, 0) is 0 Å². The average molecular weight is 313 g/mol. The number of nitrogen functional groups attached to an aromatic ring is 1. The van der Waals surface area contributed by atoms with Crippen LogP contribution in [0.25, 0.3) is 16.6 Å². The Balaban J connectivity index is 2.31. The van der Waals surface area contributed by atoms with E-state index in [2.05, 4.69) is 27.1 Å². The summed E-state index contributed by atoms with van der Waals surface area (Å²) < 4.78 is 2.60. The second-order valence-electron chi connectivity index (χ2n) is 4.15. The Hall–Kier alpha value is -2.32. The van der Waals surface area contributed by atoms with Gasteiger partial charge in [0.1, 0.15) is 6.07 Å². The molecule has 0 unspecified atom stereocenters. The maximum atomic E-state index is 9.23. The highest BCUT2D eigenvalue weighted by atomic mass is 79.9. The summed E-state index contributed by atoms with van der Waals surface area (Å²) in [5.74, 6) is 0. The van der Waals surface area contributed by atoms with Crippen LogP contribution < -0.4 is 5.73 Å². The molecule has 0 atom stereocenters. The highest BCUT2D eigenvalue weighted by Crippen LogP contribution is 2.24. The number of nitriles is 1. The van der Waals surface area contributed by atoms with Crippen LogP contribution in [0.4, 0.5) is 5.69 Å². The van der Waals surface area contributed by atoms with Crippen LogP contribution in [0.2, 0.25) is 0 Å². The first-order chi connectivity index (χ1) is 9.19. The molecule has 0 aliphatic carbocycles. The monoisotopic (exact) mass is 312 g/mol. The van der Waals surface area contributed by atoms with Crippen molar-refractivity contribution in [3.8, 4) is 11.8 Å². The molecule has 2 aromatic carbocycles. The van der Waals surface area contributed by atoms with Gasteiger partial charge in [-0.2, -0.15) is 10.4 Å². The lowest BCUT2D eigenvalue weighted by molar-refractivity contribution is 0.907. The van der Waals surface area contributed by atoms with Crippen molar-refractivity contribution in [3.63, 3.8) is 0 Å². The summed E-state index contributed by atoms with van der Waals surface area (Å²) in [6.45, 7) is 0. The Labute approximate surface area is 118 Å². The zero-order valence-corrected chi connectivity index (χ0v) is 11.4. The van der Waals surface area contributed by atoms with Gasteiger partial charge in [0.25, 0.3) is 0 Å². The molecule has 3 rings (SSSR count). The molecule has 0 saturated heterocycles. The van der Waals surface area contributed by atoms with Gasteiger partial charge < -0.3 is 5.73 Å². The molecule has 5 heteroatoms. The zero-order chi connectivity index (χ0) is 13.4. The van der Waals surface area contributed by atoms with Crippen molar-refractivity contribution < 1.29 is 0 Å². The van der Waals surface area contributed by atoms with E-state index in [1.165, 1.54) is 0 Å². The molecule has 3 aromatic rings. The first kappa shape index (κ1) is 11.8. The van der Waals surface area contributed by atoms with E-state index in [-0.39, 0.29) is 0 Å². The van der Waals surface area contributed by atoms with Gasteiger partial charge >= 0.3 is 0 Å². The third kappa shape index (κ3) is 1.96. The van der Waals surface area contributed by atoms with Crippen molar-refractivity contribution in [2.75, 3.05) is 5.73 Å². The molecule has 0 radical (unpaired) electrons. The van der Waals surface area contributed by atoms with E-state index >= 15 is 0 Å². The van der Waals surface area contributed by atoms with Crippen LogP contribution in [0.3, 0.4) is 0 Å². The van der Waals surface area contributed by atoms with Gasteiger partial charge in [0.05, 0.1) is 23.0 Å². The summed E-state index contributed by atoms with van der Waals surface area (Å²) in [6.07, 6.45) is 1.76.